The monoisotopic (exact) mass is 361 g/mol. The van der Waals surface area contributed by atoms with Gasteiger partial charge in [-0.15, -0.1) is 11.3 Å². The van der Waals surface area contributed by atoms with Gasteiger partial charge in [-0.2, -0.15) is 5.26 Å². The molecular weight excluding hydrogens is 346 g/mol. The number of aromatic nitrogens is 1. The lowest BCUT2D eigenvalue weighted by molar-refractivity contribution is -0.140. The van der Waals surface area contributed by atoms with Gasteiger partial charge in [-0.05, 0) is 31.0 Å². The number of hydrogen-bond donors (Lipinski definition) is 1. The van der Waals surface area contributed by atoms with Crippen molar-refractivity contribution in [2.24, 2.45) is 5.41 Å². The number of anilines is 1. The summed E-state index contributed by atoms with van der Waals surface area (Å²) in [6.07, 6.45) is 1.25. The minimum absolute atomic E-state index is 0.232. The van der Waals surface area contributed by atoms with Gasteiger partial charge < -0.3 is 10.1 Å². The fourth-order valence-electron chi connectivity index (χ4n) is 2.12. The molecule has 1 aromatic heterocycles. The number of thiazole rings is 1. The molecule has 1 aliphatic carbocycles. The van der Waals surface area contributed by atoms with Gasteiger partial charge in [0.2, 0.25) is 5.91 Å². The lowest BCUT2D eigenvalue weighted by Crippen LogP contribution is -2.22. The highest BCUT2D eigenvalue weighted by molar-refractivity contribution is 8.01. The topological polar surface area (TPSA) is 92.1 Å². The minimum Gasteiger partial charge on any atom is -0.465 e. The van der Waals surface area contributed by atoms with Crippen LogP contribution in [0.3, 0.4) is 0 Å². The Morgan fingerprint density at radius 3 is 2.96 bits per heavy atom. The van der Waals surface area contributed by atoms with E-state index in [9.17, 15) is 9.59 Å². The van der Waals surface area contributed by atoms with Gasteiger partial charge >= 0.3 is 5.97 Å². The van der Waals surface area contributed by atoms with Crippen LogP contribution in [0, 0.1) is 16.7 Å². The van der Waals surface area contributed by atoms with Gasteiger partial charge in [-0.25, -0.2) is 4.98 Å². The van der Waals surface area contributed by atoms with Gasteiger partial charge in [0, 0.05) is 18.4 Å². The lowest BCUT2D eigenvalue weighted by Gasteiger charge is -2.07. The van der Waals surface area contributed by atoms with Gasteiger partial charge in [0.15, 0.2) is 4.34 Å². The Morgan fingerprint density at radius 2 is 2.29 bits per heavy atom. The largest absolute Gasteiger partial charge is 0.465 e. The lowest BCUT2D eigenvalue weighted by atomic mass is 10.1. The molecule has 8 heteroatoms. The van der Waals surface area contributed by atoms with Crippen LogP contribution in [-0.2, 0) is 14.3 Å². The first kappa shape index (κ1) is 16.7. The predicted molar refractivity (Wildman–Crippen MR) is 92.9 cm³/mol. The molecule has 0 spiro atoms. The zero-order valence-electron chi connectivity index (χ0n) is 13.0. The maximum Gasteiger partial charge on any atom is 0.302 e. The van der Waals surface area contributed by atoms with Crippen LogP contribution in [0.25, 0.3) is 10.2 Å². The van der Waals surface area contributed by atoms with Crippen LogP contribution in [0.1, 0.15) is 19.8 Å². The summed E-state index contributed by atoms with van der Waals surface area (Å²) in [7, 11) is 0. The molecule has 1 fully saturated rings. The number of hydrogen-bond acceptors (Lipinski definition) is 7. The zero-order valence-corrected chi connectivity index (χ0v) is 14.6. The van der Waals surface area contributed by atoms with Gasteiger partial charge in [0.05, 0.1) is 16.3 Å². The molecule has 1 amide bonds. The normalized spacial score (nSPS) is 14.8. The van der Waals surface area contributed by atoms with E-state index in [2.05, 4.69) is 16.4 Å². The van der Waals surface area contributed by atoms with Crippen molar-refractivity contribution in [3.63, 3.8) is 0 Å². The second-order valence-electron chi connectivity index (χ2n) is 5.50. The Bertz CT molecular complexity index is 837. The van der Waals surface area contributed by atoms with Crippen molar-refractivity contribution in [3.8, 4) is 6.07 Å². The quantitative estimate of drug-likeness (QED) is 0.482. The van der Waals surface area contributed by atoms with Crippen LogP contribution in [0.2, 0.25) is 0 Å². The number of fused-ring (bicyclic) bond motifs is 1. The fourth-order valence-corrected chi connectivity index (χ4v) is 4.12. The van der Waals surface area contributed by atoms with Gasteiger partial charge in [0.25, 0.3) is 0 Å². The summed E-state index contributed by atoms with van der Waals surface area (Å²) in [5.41, 5.74) is 0.698. The van der Waals surface area contributed by atoms with Gasteiger partial charge in [-0.1, -0.05) is 11.8 Å². The molecule has 0 radical (unpaired) electrons. The molecule has 24 heavy (non-hydrogen) atoms. The summed E-state index contributed by atoms with van der Waals surface area (Å²) >= 11 is 3.05. The molecule has 1 aromatic carbocycles. The van der Waals surface area contributed by atoms with E-state index in [0.29, 0.717) is 30.9 Å². The fraction of sp³-hybridized carbons (Fsp3) is 0.375. The molecule has 6 nitrogen and oxygen atoms in total. The number of rotatable bonds is 6. The smallest absolute Gasteiger partial charge is 0.302 e. The molecule has 0 saturated heterocycles. The number of carbonyl (C=O) groups is 2. The molecule has 0 bridgehead atoms. The molecule has 2 aromatic rings. The summed E-state index contributed by atoms with van der Waals surface area (Å²) in [5.74, 6) is 0.129. The van der Waals surface area contributed by atoms with E-state index in [0.717, 1.165) is 14.6 Å². The first-order chi connectivity index (χ1) is 11.5. The van der Waals surface area contributed by atoms with E-state index in [1.807, 2.05) is 12.1 Å². The first-order valence-corrected chi connectivity index (χ1v) is 9.22. The van der Waals surface area contributed by atoms with E-state index in [1.54, 1.807) is 6.07 Å². The second-order valence-corrected chi connectivity index (χ2v) is 7.87. The number of ether oxygens (including phenoxy) is 1. The summed E-state index contributed by atoms with van der Waals surface area (Å²) in [5, 5.41) is 11.9. The standard InChI is InChI=1S/C16H15N3O3S2/c1-10(20)22-6-7-23-15-19-12-3-2-11(8-13(12)24-15)18-14(21)16(9-17)4-5-16/h2-3,8H,4-7H2,1H3,(H,18,21). The number of amides is 1. The average Bonchev–Trinajstić information content (AvgIpc) is 3.25. The number of benzene rings is 1. The molecular formula is C16H15N3O3S2. The summed E-state index contributed by atoms with van der Waals surface area (Å²) in [6, 6.07) is 7.60. The Morgan fingerprint density at radius 1 is 1.50 bits per heavy atom. The van der Waals surface area contributed by atoms with E-state index in [1.165, 1.54) is 30.0 Å². The van der Waals surface area contributed by atoms with Crippen LogP contribution in [0.15, 0.2) is 22.5 Å². The molecule has 0 atom stereocenters. The molecule has 124 valence electrons. The van der Waals surface area contributed by atoms with Crippen molar-refractivity contribution < 1.29 is 14.3 Å². The Labute approximate surface area is 147 Å². The Balaban J connectivity index is 1.64. The molecule has 1 heterocycles. The summed E-state index contributed by atoms with van der Waals surface area (Å²) in [6.45, 7) is 1.74. The number of nitrogens with one attached hydrogen (secondary N) is 1. The summed E-state index contributed by atoms with van der Waals surface area (Å²) in [4.78, 5) is 27.3. The maximum atomic E-state index is 12.1. The van der Waals surface area contributed by atoms with Gasteiger partial charge in [-0.3, -0.25) is 9.59 Å². The minimum atomic E-state index is -0.833. The zero-order chi connectivity index (χ0) is 17.2. The predicted octanol–water partition coefficient (Wildman–Crippen LogP) is 3.19. The van der Waals surface area contributed by atoms with Crippen LogP contribution in [-0.4, -0.2) is 29.2 Å². The van der Waals surface area contributed by atoms with E-state index >= 15 is 0 Å². The van der Waals surface area contributed by atoms with Crippen LogP contribution in [0.5, 0.6) is 0 Å². The molecule has 3 rings (SSSR count). The number of nitrogens with zero attached hydrogens (tertiary/aromatic N) is 2. The van der Waals surface area contributed by atoms with Crippen molar-refractivity contribution >= 4 is 50.9 Å². The highest BCUT2D eigenvalue weighted by Gasteiger charge is 2.50. The molecule has 1 aliphatic rings. The first-order valence-electron chi connectivity index (χ1n) is 7.42. The number of esters is 1. The third-order valence-electron chi connectivity index (χ3n) is 3.64. The van der Waals surface area contributed by atoms with E-state index in [4.69, 9.17) is 10.00 Å². The highest BCUT2D eigenvalue weighted by atomic mass is 32.2. The van der Waals surface area contributed by atoms with Crippen molar-refractivity contribution in [1.29, 1.82) is 5.26 Å². The number of carbonyl (C=O) groups excluding carboxylic acids is 2. The Kier molecular flexibility index (Phi) is 4.73. The maximum absolute atomic E-state index is 12.1. The van der Waals surface area contributed by atoms with E-state index in [-0.39, 0.29) is 11.9 Å². The molecule has 1 saturated carbocycles. The van der Waals surface area contributed by atoms with E-state index < -0.39 is 5.41 Å². The average molecular weight is 361 g/mol. The molecule has 0 aliphatic heterocycles. The third kappa shape index (κ3) is 3.68. The van der Waals surface area contributed by atoms with Crippen molar-refractivity contribution in [1.82, 2.24) is 4.98 Å². The van der Waals surface area contributed by atoms with Crippen LogP contribution < -0.4 is 5.32 Å². The van der Waals surface area contributed by atoms with Gasteiger partial charge in [0.1, 0.15) is 12.0 Å². The summed E-state index contributed by atoms with van der Waals surface area (Å²) < 4.78 is 6.74. The molecule has 1 N–H and O–H groups in total. The third-order valence-corrected chi connectivity index (χ3v) is 5.76. The molecule has 0 unspecified atom stereocenters. The number of thioether (sulfide) groups is 1. The number of nitriles is 1. The SMILES string of the molecule is CC(=O)OCCSc1nc2ccc(NC(=O)C3(C#N)CC3)cc2s1. The highest BCUT2D eigenvalue weighted by Crippen LogP contribution is 2.45. The van der Waals surface area contributed by atoms with Crippen LogP contribution >= 0.6 is 23.1 Å². The van der Waals surface area contributed by atoms with Crippen LogP contribution in [0.4, 0.5) is 5.69 Å². The Hall–Kier alpha value is -2.11. The van der Waals surface area contributed by atoms with Crippen molar-refractivity contribution in [2.45, 2.75) is 24.1 Å². The van der Waals surface area contributed by atoms with Crippen molar-refractivity contribution in [2.75, 3.05) is 17.7 Å². The van der Waals surface area contributed by atoms with Crippen molar-refractivity contribution in [3.05, 3.63) is 18.2 Å². The second kappa shape index (κ2) is 6.79.